The van der Waals surface area contributed by atoms with Crippen LogP contribution < -0.4 is 0 Å². The summed E-state index contributed by atoms with van der Waals surface area (Å²) in [4.78, 5) is 15.3. The maximum absolute atomic E-state index is 10.5. The monoisotopic (exact) mass is 274 g/mol. The molecule has 1 heterocycles. The van der Waals surface area contributed by atoms with Gasteiger partial charge in [0, 0.05) is 18.9 Å². The van der Waals surface area contributed by atoms with Crippen molar-refractivity contribution in [3.63, 3.8) is 0 Å². The van der Waals surface area contributed by atoms with Gasteiger partial charge in [-0.05, 0) is 30.5 Å². The molecule has 0 saturated carbocycles. The van der Waals surface area contributed by atoms with Crippen LogP contribution in [0.15, 0.2) is 18.2 Å². The standard InChI is InChI=1S/C16H22N2O2/c1-16(2,3)15-17-12-10-11(6-5-7-14(19)20)8-9-13(12)18(15)4/h8-10H,5-7H2,1-4H3,(H,19,20). The van der Waals surface area contributed by atoms with Crippen molar-refractivity contribution in [2.75, 3.05) is 0 Å². The van der Waals surface area contributed by atoms with Gasteiger partial charge in [0.15, 0.2) is 0 Å². The van der Waals surface area contributed by atoms with Crippen LogP contribution in [0.3, 0.4) is 0 Å². The summed E-state index contributed by atoms with van der Waals surface area (Å²) >= 11 is 0. The SMILES string of the molecule is Cn1c(C(C)(C)C)nc2cc(CCCC(=O)O)ccc21. The van der Waals surface area contributed by atoms with Gasteiger partial charge in [0.1, 0.15) is 5.82 Å². The molecular weight excluding hydrogens is 252 g/mol. The Labute approximate surface area is 119 Å². The molecule has 20 heavy (non-hydrogen) atoms. The molecule has 1 aromatic carbocycles. The molecule has 0 spiro atoms. The lowest BCUT2D eigenvalue weighted by Gasteiger charge is -2.17. The third-order valence-corrected chi connectivity index (χ3v) is 3.47. The maximum Gasteiger partial charge on any atom is 0.303 e. The van der Waals surface area contributed by atoms with Crippen LogP contribution in [0.4, 0.5) is 0 Å². The molecule has 2 aromatic rings. The summed E-state index contributed by atoms with van der Waals surface area (Å²) < 4.78 is 2.14. The number of carboxylic acid groups (broad SMARTS) is 1. The molecule has 4 nitrogen and oxygen atoms in total. The van der Waals surface area contributed by atoms with E-state index in [1.165, 1.54) is 0 Å². The van der Waals surface area contributed by atoms with E-state index >= 15 is 0 Å². The van der Waals surface area contributed by atoms with E-state index in [0.717, 1.165) is 28.8 Å². The Morgan fingerprint density at radius 1 is 1.35 bits per heavy atom. The number of carboxylic acids is 1. The number of nitrogens with zero attached hydrogens (tertiary/aromatic N) is 2. The van der Waals surface area contributed by atoms with Gasteiger partial charge < -0.3 is 9.67 Å². The van der Waals surface area contributed by atoms with Crippen LogP contribution in [-0.2, 0) is 23.7 Å². The van der Waals surface area contributed by atoms with E-state index in [4.69, 9.17) is 10.1 Å². The van der Waals surface area contributed by atoms with Crippen molar-refractivity contribution >= 4 is 17.0 Å². The fraction of sp³-hybridized carbons (Fsp3) is 0.500. The molecule has 0 radical (unpaired) electrons. The first-order valence-electron chi connectivity index (χ1n) is 6.96. The van der Waals surface area contributed by atoms with Gasteiger partial charge in [-0.25, -0.2) is 4.98 Å². The molecular formula is C16H22N2O2. The predicted octanol–water partition coefficient (Wildman–Crippen LogP) is 3.28. The van der Waals surface area contributed by atoms with Gasteiger partial charge in [-0.2, -0.15) is 0 Å². The maximum atomic E-state index is 10.5. The second-order valence-corrected chi connectivity index (χ2v) is 6.31. The highest BCUT2D eigenvalue weighted by Gasteiger charge is 2.21. The number of imidazole rings is 1. The zero-order valence-corrected chi connectivity index (χ0v) is 12.6. The highest BCUT2D eigenvalue weighted by atomic mass is 16.4. The summed E-state index contributed by atoms with van der Waals surface area (Å²) in [6, 6.07) is 6.22. The van der Waals surface area contributed by atoms with E-state index < -0.39 is 5.97 Å². The van der Waals surface area contributed by atoms with Gasteiger partial charge in [-0.1, -0.05) is 26.8 Å². The molecule has 1 N–H and O–H groups in total. The molecule has 0 fully saturated rings. The van der Waals surface area contributed by atoms with Crippen LogP contribution in [0, 0.1) is 0 Å². The number of carbonyl (C=O) groups is 1. The zero-order valence-electron chi connectivity index (χ0n) is 12.6. The predicted molar refractivity (Wildman–Crippen MR) is 80.0 cm³/mol. The van der Waals surface area contributed by atoms with Crippen molar-refractivity contribution in [2.24, 2.45) is 7.05 Å². The number of aryl methyl sites for hydroxylation is 2. The smallest absolute Gasteiger partial charge is 0.303 e. The largest absolute Gasteiger partial charge is 0.481 e. The van der Waals surface area contributed by atoms with Gasteiger partial charge >= 0.3 is 5.97 Å². The lowest BCUT2D eigenvalue weighted by molar-refractivity contribution is -0.137. The topological polar surface area (TPSA) is 55.1 Å². The quantitative estimate of drug-likeness (QED) is 0.931. The van der Waals surface area contributed by atoms with E-state index in [1.54, 1.807) is 0 Å². The van der Waals surface area contributed by atoms with Gasteiger partial charge in [0.05, 0.1) is 11.0 Å². The minimum absolute atomic E-state index is 0.0112. The summed E-state index contributed by atoms with van der Waals surface area (Å²) in [7, 11) is 2.04. The summed E-state index contributed by atoms with van der Waals surface area (Å²) in [6.45, 7) is 6.46. The fourth-order valence-electron chi connectivity index (χ4n) is 2.52. The molecule has 1 aromatic heterocycles. The Hall–Kier alpha value is -1.84. The number of hydrogen-bond donors (Lipinski definition) is 1. The Morgan fingerprint density at radius 2 is 2.05 bits per heavy atom. The molecule has 0 amide bonds. The molecule has 0 aliphatic heterocycles. The molecule has 2 rings (SSSR count). The number of hydrogen-bond acceptors (Lipinski definition) is 2. The first kappa shape index (κ1) is 14.6. The van der Waals surface area contributed by atoms with Gasteiger partial charge in [-0.3, -0.25) is 4.79 Å². The van der Waals surface area contributed by atoms with E-state index in [-0.39, 0.29) is 11.8 Å². The lowest BCUT2D eigenvalue weighted by Crippen LogP contribution is -2.17. The molecule has 108 valence electrons. The highest BCUT2D eigenvalue weighted by molar-refractivity contribution is 5.77. The first-order chi connectivity index (χ1) is 9.29. The summed E-state index contributed by atoms with van der Waals surface area (Å²) in [6.07, 6.45) is 1.66. The highest BCUT2D eigenvalue weighted by Crippen LogP contribution is 2.26. The van der Waals surface area contributed by atoms with Crippen molar-refractivity contribution in [2.45, 2.75) is 45.4 Å². The fourth-order valence-corrected chi connectivity index (χ4v) is 2.52. The van der Waals surface area contributed by atoms with E-state index in [1.807, 2.05) is 7.05 Å². The zero-order chi connectivity index (χ0) is 14.9. The summed E-state index contributed by atoms with van der Waals surface area (Å²) in [5.41, 5.74) is 3.27. The Kier molecular flexibility index (Phi) is 3.84. The molecule has 0 unspecified atom stereocenters. The lowest BCUT2D eigenvalue weighted by atomic mass is 9.96. The van der Waals surface area contributed by atoms with Gasteiger partial charge in [-0.15, -0.1) is 0 Å². The number of rotatable bonds is 4. The molecule has 4 heteroatoms. The Balaban J connectivity index is 2.28. The van der Waals surface area contributed by atoms with E-state index in [2.05, 4.69) is 43.5 Å². The second-order valence-electron chi connectivity index (χ2n) is 6.31. The van der Waals surface area contributed by atoms with Crippen LogP contribution in [0.2, 0.25) is 0 Å². The normalized spacial score (nSPS) is 12.0. The number of aromatic nitrogens is 2. The first-order valence-corrected chi connectivity index (χ1v) is 6.96. The van der Waals surface area contributed by atoms with Crippen molar-refractivity contribution < 1.29 is 9.90 Å². The average Bonchev–Trinajstić information content (AvgIpc) is 2.66. The van der Waals surface area contributed by atoms with Crippen LogP contribution >= 0.6 is 0 Å². The van der Waals surface area contributed by atoms with Crippen molar-refractivity contribution in [1.29, 1.82) is 0 Å². The Bertz CT molecular complexity index is 636. The number of aliphatic carboxylic acids is 1. The Morgan fingerprint density at radius 3 is 2.65 bits per heavy atom. The van der Waals surface area contributed by atoms with Crippen molar-refractivity contribution in [3.8, 4) is 0 Å². The molecule has 0 saturated heterocycles. The van der Waals surface area contributed by atoms with Gasteiger partial charge in [0.2, 0.25) is 0 Å². The van der Waals surface area contributed by atoms with Crippen LogP contribution in [-0.4, -0.2) is 20.6 Å². The minimum Gasteiger partial charge on any atom is -0.481 e. The number of fused-ring (bicyclic) bond motifs is 1. The van der Waals surface area contributed by atoms with Crippen LogP contribution in [0.25, 0.3) is 11.0 Å². The van der Waals surface area contributed by atoms with Crippen molar-refractivity contribution in [3.05, 3.63) is 29.6 Å². The van der Waals surface area contributed by atoms with Crippen LogP contribution in [0.5, 0.6) is 0 Å². The number of benzene rings is 1. The van der Waals surface area contributed by atoms with E-state index in [9.17, 15) is 4.79 Å². The van der Waals surface area contributed by atoms with Crippen molar-refractivity contribution in [1.82, 2.24) is 9.55 Å². The molecule has 0 aliphatic rings. The summed E-state index contributed by atoms with van der Waals surface area (Å²) in [5, 5.41) is 8.68. The minimum atomic E-state index is -0.737. The third-order valence-electron chi connectivity index (χ3n) is 3.47. The van der Waals surface area contributed by atoms with E-state index in [0.29, 0.717) is 6.42 Å². The van der Waals surface area contributed by atoms with Crippen LogP contribution in [0.1, 0.15) is 45.0 Å². The third kappa shape index (κ3) is 3.00. The molecule has 0 aliphatic carbocycles. The molecule has 0 bridgehead atoms. The van der Waals surface area contributed by atoms with Gasteiger partial charge in [0.25, 0.3) is 0 Å². The average molecular weight is 274 g/mol. The summed E-state index contributed by atoms with van der Waals surface area (Å²) in [5.74, 6) is 0.328. The molecule has 0 atom stereocenters. The second kappa shape index (κ2) is 5.27.